The van der Waals surface area contributed by atoms with Crippen LogP contribution in [-0.4, -0.2) is 31.3 Å². The first-order valence-corrected chi connectivity index (χ1v) is 9.99. The number of hydrogen-bond acceptors (Lipinski definition) is 7. The third-order valence-electron chi connectivity index (χ3n) is 4.40. The molecule has 0 fully saturated rings. The standard InChI is InChI=1S/C20H20N6O3S/c1-13-4-7-17(10-18(13)26(28)29)14(2)22-23-19(27)16-8-5-15(6-9-16)11-30-20-24-21-12-25(20)3/h4-10,12H,11H2,1-3H3,(H,23,27)/b22-14+. The minimum absolute atomic E-state index is 0.0168. The summed E-state index contributed by atoms with van der Waals surface area (Å²) < 4.78 is 1.84. The van der Waals surface area contributed by atoms with E-state index in [1.54, 1.807) is 56.2 Å². The fraction of sp³-hybridized carbons (Fsp3) is 0.200. The van der Waals surface area contributed by atoms with Crippen LogP contribution < -0.4 is 5.43 Å². The maximum absolute atomic E-state index is 12.4. The molecule has 1 amide bonds. The number of thioether (sulfide) groups is 1. The number of carbonyl (C=O) groups excluding carboxylic acids is 1. The Hall–Kier alpha value is -3.53. The van der Waals surface area contributed by atoms with E-state index >= 15 is 0 Å². The van der Waals surface area contributed by atoms with Crippen molar-refractivity contribution >= 4 is 29.1 Å². The average Bonchev–Trinajstić information content (AvgIpc) is 3.15. The van der Waals surface area contributed by atoms with Gasteiger partial charge in [0, 0.05) is 35.6 Å². The van der Waals surface area contributed by atoms with Crippen molar-refractivity contribution in [2.45, 2.75) is 24.8 Å². The van der Waals surface area contributed by atoms with Crippen LogP contribution in [0.3, 0.4) is 0 Å². The van der Waals surface area contributed by atoms with Crippen molar-refractivity contribution in [3.8, 4) is 0 Å². The number of hydrogen-bond donors (Lipinski definition) is 1. The van der Waals surface area contributed by atoms with Crippen molar-refractivity contribution in [3.05, 3.63) is 81.2 Å². The Kier molecular flexibility index (Phi) is 6.58. The Morgan fingerprint density at radius 3 is 2.57 bits per heavy atom. The van der Waals surface area contributed by atoms with Gasteiger partial charge in [-0.15, -0.1) is 10.2 Å². The van der Waals surface area contributed by atoms with Gasteiger partial charge >= 0.3 is 0 Å². The van der Waals surface area contributed by atoms with Gasteiger partial charge in [-0.2, -0.15) is 5.10 Å². The average molecular weight is 424 g/mol. The van der Waals surface area contributed by atoms with Gasteiger partial charge < -0.3 is 4.57 Å². The molecule has 9 nitrogen and oxygen atoms in total. The highest BCUT2D eigenvalue weighted by Gasteiger charge is 2.13. The van der Waals surface area contributed by atoms with Gasteiger partial charge in [0.2, 0.25) is 0 Å². The van der Waals surface area contributed by atoms with E-state index in [0.717, 1.165) is 10.7 Å². The largest absolute Gasteiger partial charge is 0.312 e. The maximum Gasteiger partial charge on any atom is 0.272 e. The van der Waals surface area contributed by atoms with Crippen LogP contribution in [0.2, 0.25) is 0 Å². The van der Waals surface area contributed by atoms with Gasteiger partial charge in [0.15, 0.2) is 5.16 Å². The number of aromatic nitrogens is 3. The SMILES string of the molecule is C/C(=N\NC(=O)c1ccc(CSc2nncn2C)cc1)c1ccc(C)c([N+](=O)[O-])c1. The third kappa shape index (κ3) is 5.09. The molecule has 0 bridgehead atoms. The lowest BCUT2D eigenvalue weighted by Crippen LogP contribution is -2.19. The van der Waals surface area contributed by atoms with Crippen molar-refractivity contribution < 1.29 is 9.72 Å². The molecule has 0 aliphatic rings. The summed E-state index contributed by atoms with van der Waals surface area (Å²) in [6.07, 6.45) is 1.65. The first-order chi connectivity index (χ1) is 14.3. The molecule has 154 valence electrons. The molecule has 1 aromatic heterocycles. The number of hydrazone groups is 1. The second-order valence-electron chi connectivity index (χ2n) is 6.61. The zero-order chi connectivity index (χ0) is 21.7. The predicted octanol–water partition coefficient (Wildman–Crippen LogP) is 3.48. The molecule has 0 unspecified atom stereocenters. The van der Waals surface area contributed by atoms with E-state index < -0.39 is 4.92 Å². The topological polar surface area (TPSA) is 115 Å². The van der Waals surface area contributed by atoms with Crippen molar-refractivity contribution in [1.29, 1.82) is 0 Å². The van der Waals surface area contributed by atoms with E-state index in [2.05, 4.69) is 20.7 Å². The van der Waals surface area contributed by atoms with Crippen LogP contribution in [0.1, 0.15) is 34.0 Å². The minimum Gasteiger partial charge on any atom is -0.312 e. The summed E-state index contributed by atoms with van der Waals surface area (Å²) in [5.41, 5.74) is 5.64. The lowest BCUT2D eigenvalue weighted by Gasteiger charge is -2.05. The first-order valence-electron chi connectivity index (χ1n) is 9.01. The number of rotatable bonds is 7. The normalized spacial score (nSPS) is 11.4. The van der Waals surface area contributed by atoms with Crippen LogP contribution in [0.15, 0.2) is 59.0 Å². The van der Waals surface area contributed by atoms with E-state index in [1.807, 2.05) is 23.7 Å². The van der Waals surface area contributed by atoms with E-state index in [9.17, 15) is 14.9 Å². The number of nitro groups is 1. The summed E-state index contributed by atoms with van der Waals surface area (Å²) in [6, 6.07) is 12.0. The molecule has 0 saturated heterocycles. The number of nitro benzene ring substituents is 1. The van der Waals surface area contributed by atoms with Gasteiger partial charge in [-0.1, -0.05) is 36.0 Å². The Bertz CT molecular complexity index is 1110. The summed E-state index contributed by atoms with van der Waals surface area (Å²) in [6.45, 7) is 3.35. The van der Waals surface area contributed by atoms with Gasteiger partial charge in [0.25, 0.3) is 11.6 Å². The zero-order valence-electron chi connectivity index (χ0n) is 16.7. The molecule has 0 radical (unpaired) electrons. The summed E-state index contributed by atoms with van der Waals surface area (Å²) in [5.74, 6) is 0.348. The summed E-state index contributed by atoms with van der Waals surface area (Å²) in [7, 11) is 1.88. The van der Waals surface area contributed by atoms with Crippen LogP contribution in [0.25, 0.3) is 0 Å². The highest BCUT2D eigenvalue weighted by Crippen LogP contribution is 2.21. The number of amides is 1. The lowest BCUT2D eigenvalue weighted by atomic mass is 10.1. The zero-order valence-corrected chi connectivity index (χ0v) is 17.5. The Morgan fingerprint density at radius 1 is 1.23 bits per heavy atom. The molecule has 30 heavy (non-hydrogen) atoms. The molecule has 0 aliphatic carbocycles. The summed E-state index contributed by atoms with van der Waals surface area (Å²) in [5, 5.41) is 23.8. The van der Waals surface area contributed by atoms with Crippen molar-refractivity contribution in [2.24, 2.45) is 12.1 Å². The summed E-state index contributed by atoms with van der Waals surface area (Å²) in [4.78, 5) is 23.0. The van der Waals surface area contributed by atoms with Gasteiger partial charge in [0.05, 0.1) is 10.6 Å². The third-order valence-corrected chi connectivity index (χ3v) is 5.51. The highest BCUT2D eigenvalue weighted by atomic mass is 32.2. The number of nitrogens with zero attached hydrogens (tertiary/aromatic N) is 5. The molecule has 2 aromatic carbocycles. The minimum atomic E-state index is -0.436. The molecule has 0 spiro atoms. The number of carbonyl (C=O) groups is 1. The van der Waals surface area contributed by atoms with Gasteiger partial charge in [0.1, 0.15) is 6.33 Å². The maximum atomic E-state index is 12.4. The second kappa shape index (κ2) is 9.31. The molecule has 3 rings (SSSR count). The molecule has 0 aliphatic heterocycles. The molecule has 1 N–H and O–H groups in total. The second-order valence-corrected chi connectivity index (χ2v) is 7.55. The van der Waals surface area contributed by atoms with Gasteiger partial charge in [-0.05, 0) is 31.5 Å². The predicted molar refractivity (Wildman–Crippen MR) is 115 cm³/mol. The van der Waals surface area contributed by atoms with E-state index in [-0.39, 0.29) is 11.6 Å². The Morgan fingerprint density at radius 2 is 1.93 bits per heavy atom. The lowest BCUT2D eigenvalue weighted by molar-refractivity contribution is -0.385. The van der Waals surface area contributed by atoms with E-state index in [0.29, 0.717) is 28.2 Å². The monoisotopic (exact) mass is 424 g/mol. The summed E-state index contributed by atoms with van der Waals surface area (Å²) >= 11 is 1.56. The molecule has 0 saturated carbocycles. The Balaban J connectivity index is 1.62. The van der Waals surface area contributed by atoms with Crippen LogP contribution in [0.5, 0.6) is 0 Å². The molecule has 0 atom stereocenters. The first kappa shape index (κ1) is 21.2. The van der Waals surface area contributed by atoms with Crippen LogP contribution in [-0.2, 0) is 12.8 Å². The molecular weight excluding hydrogens is 404 g/mol. The van der Waals surface area contributed by atoms with Crippen molar-refractivity contribution in [3.63, 3.8) is 0 Å². The van der Waals surface area contributed by atoms with Gasteiger partial charge in [-0.3, -0.25) is 14.9 Å². The van der Waals surface area contributed by atoms with Gasteiger partial charge in [-0.25, -0.2) is 5.43 Å². The number of nitrogens with one attached hydrogen (secondary N) is 1. The molecule has 1 heterocycles. The number of benzene rings is 2. The van der Waals surface area contributed by atoms with Crippen LogP contribution in [0, 0.1) is 17.0 Å². The van der Waals surface area contributed by atoms with Crippen LogP contribution in [0.4, 0.5) is 5.69 Å². The van der Waals surface area contributed by atoms with Crippen molar-refractivity contribution in [1.82, 2.24) is 20.2 Å². The molecule has 3 aromatic rings. The fourth-order valence-electron chi connectivity index (χ4n) is 2.60. The highest BCUT2D eigenvalue weighted by molar-refractivity contribution is 7.98. The van der Waals surface area contributed by atoms with E-state index in [1.165, 1.54) is 6.07 Å². The Labute approximate surface area is 177 Å². The molecule has 10 heteroatoms. The number of aryl methyl sites for hydroxylation is 2. The fourth-order valence-corrected chi connectivity index (χ4v) is 3.44. The smallest absolute Gasteiger partial charge is 0.272 e. The van der Waals surface area contributed by atoms with E-state index in [4.69, 9.17) is 0 Å². The van der Waals surface area contributed by atoms with Crippen LogP contribution >= 0.6 is 11.8 Å². The quantitative estimate of drug-likeness (QED) is 0.269. The molecular formula is C20H20N6O3S. The van der Waals surface area contributed by atoms with Crippen molar-refractivity contribution in [2.75, 3.05) is 0 Å².